The summed E-state index contributed by atoms with van der Waals surface area (Å²) in [5.74, 6) is 1.10. The van der Waals surface area contributed by atoms with Crippen molar-refractivity contribution in [1.82, 2.24) is 0 Å². The van der Waals surface area contributed by atoms with Crippen LogP contribution in [0.2, 0.25) is 0 Å². The first-order valence-corrected chi connectivity index (χ1v) is 4.50. The Balaban J connectivity index is 2.49. The van der Waals surface area contributed by atoms with E-state index in [1.165, 1.54) is 23.1 Å². The van der Waals surface area contributed by atoms with E-state index in [0.29, 0.717) is 0 Å². The molecule has 1 heteroatoms. The van der Waals surface area contributed by atoms with Crippen LogP contribution in [0.5, 0.6) is 5.75 Å². The van der Waals surface area contributed by atoms with E-state index in [1.807, 2.05) is 0 Å². The van der Waals surface area contributed by atoms with Gasteiger partial charge in [-0.1, -0.05) is 6.07 Å². The van der Waals surface area contributed by atoms with Crippen molar-refractivity contribution in [3.05, 3.63) is 28.8 Å². The molecular formula is C11H14O. The van der Waals surface area contributed by atoms with E-state index in [9.17, 15) is 0 Å². The van der Waals surface area contributed by atoms with Crippen LogP contribution in [0.4, 0.5) is 0 Å². The third-order valence-electron chi connectivity index (χ3n) is 2.52. The van der Waals surface area contributed by atoms with E-state index in [-0.39, 0.29) is 0 Å². The van der Waals surface area contributed by atoms with Crippen LogP contribution >= 0.6 is 0 Å². The SMILES string of the molecule is Cc1cc2c(cc1C)OCCC2. The van der Waals surface area contributed by atoms with Gasteiger partial charge in [-0.15, -0.1) is 0 Å². The standard InChI is InChI=1S/C11H14O/c1-8-6-10-4-3-5-12-11(10)7-9(8)2/h6-7H,3-5H2,1-2H3. The Kier molecular flexibility index (Phi) is 1.80. The number of fused-ring (bicyclic) bond motifs is 1. The van der Waals surface area contributed by atoms with Crippen LogP contribution in [0.1, 0.15) is 23.1 Å². The van der Waals surface area contributed by atoms with Crippen molar-refractivity contribution in [2.75, 3.05) is 6.61 Å². The van der Waals surface area contributed by atoms with E-state index in [2.05, 4.69) is 26.0 Å². The molecule has 0 radical (unpaired) electrons. The number of hydrogen-bond acceptors (Lipinski definition) is 1. The van der Waals surface area contributed by atoms with E-state index < -0.39 is 0 Å². The second kappa shape index (κ2) is 2.81. The van der Waals surface area contributed by atoms with E-state index in [0.717, 1.165) is 18.8 Å². The van der Waals surface area contributed by atoms with Crippen molar-refractivity contribution in [3.8, 4) is 5.75 Å². The zero-order valence-electron chi connectivity index (χ0n) is 7.68. The van der Waals surface area contributed by atoms with Gasteiger partial charge in [-0.2, -0.15) is 0 Å². The Morgan fingerprint density at radius 1 is 1.17 bits per heavy atom. The lowest BCUT2D eigenvalue weighted by Gasteiger charge is -2.18. The molecule has 0 fully saturated rings. The highest BCUT2D eigenvalue weighted by molar-refractivity contribution is 5.42. The zero-order valence-corrected chi connectivity index (χ0v) is 7.68. The van der Waals surface area contributed by atoms with Crippen LogP contribution in [-0.2, 0) is 6.42 Å². The minimum atomic E-state index is 0.884. The Labute approximate surface area is 73.4 Å². The zero-order chi connectivity index (χ0) is 8.55. The van der Waals surface area contributed by atoms with Gasteiger partial charge in [-0.25, -0.2) is 0 Å². The van der Waals surface area contributed by atoms with Crippen LogP contribution in [-0.4, -0.2) is 6.61 Å². The summed E-state index contributed by atoms with van der Waals surface area (Å²) in [5, 5.41) is 0. The fourth-order valence-electron chi connectivity index (χ4n) is 1.62. The Morgan fingerprint density at radius 2 is 1.92 bits per heavy atom. The maximum absolute atomic E-state index is 5.56. The molecule has 0 saturated carbocycles. The number of hydrogen-bond donors (Lipinski definition) is 0. The largest absolute Gasteiger partial charge is 0.493 e. The van der Waals surface area contributed by atoms with Crippen LogP contribution < -0.4 is 4.74 Å². The van der Waals surface area contributed by atoms with Gasteiger partial charge >= 0.3 is 0 Å². The van der Waals surface area contributed by atoms with Crippen LogP contribution in [0, 0.1) is 13.8 Å². The summed E-state index contributed by atoms with van der Waals surface area (Å²) in [6.45, 7) is 5.17. The van der Waals surface area contributed by atoms with E-state index in [4.69, 9.17) is 4.74 Å². The van der Waals surface area contributed by atoms with Crippen molar-refractivity contribution in [2.45, 2.75) is 26.7 Å². The van der Waals surface area contributed by atoms with E-state index >= 15 is 0 Å². The topological polar surface area (TPSA) is 9.23 Å². The average molecular weight is 162 g/mol. The fourth-order valence-corrected chi connectivity index (χ4v) is 1.62. The molecular weight excluding hydrogens is 148 g/mol. The Hall–Kier alpha value is -0.980. The lowest BCUT2D eigenvalue weighted by atomic mass is 10.0. The minimum Gasteiger partial charge on any atom is -0.493 e. The minimum absolute atomic E-state index is 0.884. The first kappa shape index (κ1) is 7.66. The molecule has 64 valence electrons. The molecule has 0 atom stereocenters. The van der Waals surface area contributed by atoms with Gasteiger partial charge in [0.1, 0.15) is 5.75 Å². The molecule has 1 heterocycles. The molecule has 1 aromatic carbocycles. The first-order chi connectivity index (χ1) is 5.77. The van der Waals surface area contributed by atoms with Gasteiger partial charge in [0.25, 0.3) is 0 Å². The summed E-state index contributed by atoms with van der Waals surface area (Å²) < 4.78 is 5.56. The highest BCUT2D eigenvalue weighted by Gasteiger charge is 2.10. The van der Waals surface area contributed by atoms with Gasteiger partial charge in [0.2, 0.25) is 0 Å². The maximum Gasteiger partial charge on any atom is 0.122 e. The molecule has 0 bridgehead atoms. The van der Waals surface area contributed by atoms with Crippen molar-refractivity contribution in [1.29, 1.82) is 0 Å². The third kappa shape index (κ3) is 1.20. The van der Waals surface area contributed by atoms with Crippen molar-refractivity contribution >= 4 is 0 Å². The van der Waals surface area contributed by atoms with E-state index in [1.54, 1.807) is 0 Å². The molecule has 1 aromatic rings. The average Bonchev–Trinajstić information content (AvgIpc) is 2.07. The second-order valence-electron chi connectivity index (χ2n) is 3.50. The molecule has 12 heavy (non-hydrogen) atoms. The molecule has 0 N–H and O–H groups in total. The highest BCUT2D eigenvalue weighted by Crippen LogP contribution is 2.27. The summed E-state index contributed by atoms with van der Waals surface area (Å²) in [6, 6.07) is 4.41. The molecule has 0 amide bonds. The van der Waals surface area contributed by atoms with Crippen LogP contribution in [0.25, 0.3) is 0 Å². The summed E-state index contributed by atoms with van der Waals surface area (Å²) in [7, 11) is 0. The molecule has 0 spiro atoms. The van der Waals surface area contributed by atoms with Gasteiger partial charge < -0.3 is 4.74 Å². The quantitative estimate of drug-likeness (QED) is 0.569. The Morgan fingerprint density at radius 3 is 2.75 bits per heavy atom. The fraction of sp³-hybridized carbons (Fsp3) is 0.455. The molecule has 1 nitrogen and oxygen atoms in total. The summed E-state index contributed by atoms with van der Waals surface area (Å²) in [5.41, 5.74) is 4.08. The highest BCUT2D eigenvalue weighted by atomic mass is 16.5. The second-order valence-corrected chi connectivity index (χ2v) is 3.50. The summed E-state index contributed by atoms with van der Waals surface area (Å²) in [4.78, 5) is 0. The predicted molar refractivity (Wildman–Crippen MR) is 49.7 cm³/mol. The lowest BCUT2D eigenvalue weighted by molar-refractivity contribution is 0.288. The van der Waals surface area contributed by atoms with Gasteiger partial charge in [0.15, 0.2) is 0 Å². The van der Waals surface area contributed by atoms with Crippen LogP contribution in [0.3, 0.4) is 0 Å². The predicted octanol–water partition coefficient (Wildman–Crippen LogP) is 2.63. The number of rotatable bonds is 0. The molecule has 0 aliphatic carbocycles. The number of aryl methyl sites for hydroxylation is 3. The number of benzene rings is 1. The van der Waals surface area contributed by atoms with Gasteiger partial charge in [0.05, 0.1) is 6.61 Å². The van der Waals surface area contributed by atoms with Crippen molar-refractivity contribution in [3.63, 3.8) is 0 Å². The van der Waals surface area contributed by atoms with Crippen molar-refractivity contribution < 1.29 is 4.74 Å². The summed E-state index contributed by atoms with van der Waals surface area (Å²) >= 11 is 0. The smallest absolute Gasteiger partial charge is 0.122 e. The Bertz CT molecular complexity index is 271. The normalized spacial score (nSPS) is 15.2. The number of ether oxygens (including phenoxy) is 1. The monoisotopic (exact) mass is 162 g/mol. The molecule has 0 aromatic heterocycles. The summed E-state index contributed by atoms with van der Waals surface area (Å²) in [6.07, 6.45) is 2.34. The first-order valence-electron chi connectivity index (χ1n) is 4.50. The van der Waals surface area contributed by atoms with Crippen molar-refractivity contribution in [2.24, 2.45) is 0 Å². The molecule has 1 aliphatic heterocycles. The molecule has 2 rings (SSSR count). The van der Waals surface area contributed by atoms with Gasteiger partial charge in [-0.05, 0) is 49.4 Å². The van der Waals surface area contributed by atoms with Gasteiger partial charge in [0, 0.05) is 0 Å². The molecule has 0 saturated heterocycles. The van der Waals surface area contributed by atoms with Gasteiger partial charge in [-0.3, -0.25) is 0 Å². The van der Waals surface area contributed by atoms with Crippen LogP contribution in [0.15, 0.2) is 12.1 Å². The molecule has 1 aliphatic rings. The lowest BCUT2D eigenvalue weighted by Crippen LogP contribution is -2.08. The molecule has 0 unspecified atom stereocenters. The maximum atomic E-state index is 5.56. The third-order valence-corrected chi connectivity index (χ3v) is 2.52.